The Morgan fingerprint density at radius 2 is 1.87 bits per heavy atom. The summed E-state index contributed by atoms with van der Waals surface area (Å²) in [5.74, 6) is -1.04. The van der Waals surface area contributed by atoms with Crippen LogP contribution in [0.25, 0.3) is 17.2 Å². The first-order chi connectivity index (χ1) is 14.4. The largest absolute Gasteiger partial charge is 0.478 e. The number of amides is 1. The summed E-state index contributed by atoms with van der Waals surface area (Å²) in [6, 6.07) is 16.6. The van der Waals surface area contributed by atoms with Crippen molar-refractivity contribution in [1.29, 1.82) is 0 Å². The minimum Gasteiger partial charge on any atom is -0.478 e. The van der Waals surface area contributed by atoms with Crippen molar-refractivity contribution in [2.45, 2.75) is 6.92 Å². The molecule has 0 unspecified atom stereocenters. The lowest BCUT2D eigenvalue weighted by Gasteiger charge is -2.07. The number of thioether (sulfide) groups is 1. The Hall–Kier alpha value is -3.16. The van der Waals surface area contributed by atoms with Crippen LogP contribution >= 0.6 is 23.1 Å². The molecule has 0 saturated carbocycles. The number of likely N-dealkylation sites (N-methyl/N-ethyl adjacent to an activating group) is 1. The molecule has 2 aromatic carbocycles. The van der Waals surface area contributed by atoms with Gasteiger partial charge >= 0.3 is 5.97 Å². The number of hydrogen-bond acceptors (Lipinski definition) is 5. The normalized spacial score (nSPS) is 16.6. The molecular weight excluding hydrogens is 416 g/mol. The first-order valence-corrected chi connectivity index (χ1v) is 10.9. The van der Waals surface area contributed by atoms with E-state index in [4.69, 9.17) is 0 Å². The van der Waals surface area contributed by atoms with Crippen LogP contribution < -0.4 is 0 Å². The number of rotatable bonds is 4. The maximum atomic E-state index is 12.7. The summed E-state index contributed by atoms with van der Waals surface area (Å²) in [5, 5.41) is 11.8. The van der Waals surface area contributed by atoms with Crippen molar-refractivity contribution < 1.29 is 14.7 Å². The van der Waals surface area contributed by atoms with Gasteiger partial charge in [-0.2, -0.15) is 0 Å². The Morgan fingerprint density at radius 3 is 2.60 bits per heavy atom. The standard InChI is InChI=1S/C23H18N2O3S2/c1-14-6-8-18(9-7-14)24-23-25(2)21(26)20(30-23)12-19-11-17(13-29-19)15-4-3-5-16(10-15)22(27)28/h3-13H,1-2H3,(H,27,28)/b20-12-,24-23?. The van der Waals surface area contributed by atoms with Gasteiger partial charge in [-0.05, 0) is 71.6 Å². The Balaban J connectivity index is 1.58. The average Bonchev–Trinajstić information content (AvgIpc) is 3.31. The summed E-state index contributed by atoms with van der Waals surface area (Å²) in [5.41, 5.74) is 3.97. The van der Waals surface area contributed by atoms with E-state index >= 15 is 0 Å². The Labute approximate surface area is 182 Å². The minimum atomic E-state index is -0.953. The first-order valence-electron chi connectivity index (χ1n) is 9.16. The third-order valence-electron chi connectivity index (χ3n) is 4.60. The van der Waals surface area contributed by atoms with Crippen molar-refractivity contribution in [3.8, 4) is 11.1 Å². The number of carbonyl (C=O) groups is 2. The molecule has 30 heavy (non-hydrogen) atoms. The van der Waals surface area contributed by atoms with E-state index in [0.717, 1.165) is 27.3 Å². The van der Waals surface area contributed by atoms with Gasteiger partial charge in [0.1, 0.15) is 0 Å². The second-order valence-electron chi connectivity index (χ2n) is 6.83. The van der Waals surface area contributed by atoms with Gasteiger partial charge in [-0.1, -0.05) is 29.8 Å². The highest BCUT2D eigenvalue weighted by molar-refractivity contribution is 8.18. The predicted molar refractivity (Wildman–Crippen MR) is 123 cm³/mol. The van der Waals surface area contributed by atoms with E-state index in [2.05, 4.69) is 4.99 Å². The molecule has 1 fully saturated rings. The van der Waals surface area contributed by atoms with Crippen LogP contribution in [-0.2, 0) is 4.79 Å². The topological polar surface area (TPSA) is 70.0 Å². The molecule has 0 aliphatic carbocycles. The molecule has 1 N–H and O–H groups in total. The maximum Gasteiger partial charge on any atom is 0.335 e. The molecule has 0 atom stereocenters. The first kappa shape index (κ1) is 20.1. The van der Waals surface area contributed by atoms with Gasteiger partial charge in [-0.25, -0.2) is 9.79 Å². The predicted octanol–water partition coefficient (Wildman–Crippen LogP) is 5.66. The van der Waals surface area contributed by atoms with E-state index in [1.807, 2.05) is 54.8 Å². The van der Waals surface area contributed by atoms with Gasteiger partial charge in [0.2, 0.25) is 0 Å². The zero-order valence-electron chi connectivity index (χ0n) is 16.3. The van der Waals surface area contributed by atoms with E-state index < -0.39 is 5.97 Å². The number of carboxylic acid groups (broad SMARTS) is 1. The SMILES string of the molecule is Cc1ccc(N=C2S/C(=C\c3cc(-c4cccc(C(=O)O)c4)cs3)C(=O)N2C)cc1. The van der Waals surface area contributed by atoms with Crippen molar-refractivity contribution >= 4 is 51.9 Å². The molecule has 2 heterocycles. The van der Waals surface area contributed by atoms with E-state index in [-0.39, 0.29) is 11.5 Å². The van der Waals surface area contributed by atoms with Gasteiger partial charge in [0.25, 0.3) is 5.91 Å². The van der Waals surface area contributed by atoms with Gasteiger partial charge in [-0.3, -0.25) is 9.69 Å². The van der Waals surface area contributed by atoms with Crippen LogP contribution in [0.2, 0.25) is 0 Å². The van der Waals surface area contributed by atoms with Gasteiger partial charge in [0, 0.05) is 11.9 Å². The van der Waals surface area contributed by atoms with Crippen molar-refractivity contribution in [2.24, 2.45) is 4.99 Å². The van der Waals surface area contributed by atoms with E-state index in [1.165, 1.54) is 23.1 Å². The van der Waals surface area contributed by atoms with Gasteiger partial charge in [0.05, 0.1) is 16.2 Å². The molecule has 1 aromatic heterocycles. The molecule has 0 bridgehead atoms. The number of aryl methyl sites for hydroxylation is 1. The van der Waals surface area contributed by atoms with Crippen molar-refractivity contribution in [3.05, 3.63) is 80.9 Å². The molecule has 7 heteroatoms. The monoisotopic (exact) mass is 434 g/mol. The quantitative estimate of drug-likeness (QED) is 0.538. The molecule has 1 amide bonds. The highest BCUT2D eigenvalue weighted by Gasteiger charge is 2.30. The average molecular weight is 435 g/mol. The van der Waals surface area contributed by atoms with Crippen LogP contribution in [0, 0.1) is 6.92 Å². The number of aliphatic imine (C=N–C) groups is 1. The second kappa shape index (κ2) is 8.30. The summed E-state index contributed by atoms with van der Waals surface area (Å²) < 4.78 is 0. The van der Waals surface area contributed by atoms with E-state index in [9.17, 15) is 14.7 Å². The molecule has 5 nitrogen and oxygen atoms in total. The molecule has 1 saturated heterocycles. The van der Waals surface area contributed by atoms with Gasteiger partial charge < -0.3 is 5.11 Å². The fourth-order valence-electron chi connectivity index (χ4n) is 2.92. The third-order valence-corrected chi connectivity index (χ3v) is 6.54. The highest BCUT2D eigenvalue weighted by Crippen LogP contribution is 2.35. The Bertz CT molecular complexity index is 1190. The van der Waals surface area contributed by atoms with Crippen LogP contribution in [0.15, 0.2) is 69.9 Å². The Morgan fingerprint density at radius 1 is 1.10 bits per heavy atom. The summed E-state index contributed by atoms with van der Waals surface area (Å²) >= 11 is 2.86. The number of aromatic carboxylic acids is 1. The number of benzene rings is 2. The number of carboxylic acids is 1. The molecular formula is C23H18N2O3S2. The molecule has 4 rings (SSSR count). The summed E-state index contributed by atoms with van der Waals surface area (Å²) in [7, 11) is 1.72. The van der Waals surface area contributed by atoms with Gasteiger partial charge in [-0.15, -0.1) is 11.3 Å². The number of hydrogen-bond donors (Lipinski definition) is 1. The minimum absolute atomic E-state index is 0.0892. The van der Waals surface area contributed by atoms with E-state index in [1.54, 1.807) is 30.1 Å². The van der Waals surface area contributed by atoms with Crippen molar-refractivity contribution in [3.63, 3.8) is 0 Å². The molecule has 0 spiro atoms. The summed E-state index contributed by atoms with van der Waals surface area (Å²) in [4.78, 5) is 31.5. The van der Waals surface area contributed by atoms with Crippen LogP contribution in [0.3, 0.4) is 0 Å². The van der Waals surface area contributed by atoms with Crippen LogP contribution in [-0.4, -0.2) is 34.1 Å². The molecule has 0 radical (unpaired) electrons. The van der Waals surface area contributed by atoms with E-state index in [0.29, 0.717) is 10.1 Å². The van der Waals surface area contributed by atoms with Crippen LogP contribution in [0.1, 0.15) is 20.8 Å². The maximum absolute atomic E-state index is 12.7. The third kappa shape index (κ3) is 4.22. The lowest BCUT2D eigenvalue weighted by Crippen LogP contribution is -2.23. The van der Waals surface area contributed by atoms with Crippen LogP contribution in [0.4, 0.5) is 5.69 Å². The fraction of sp³-hybridized carbons (Fsp3) is 0.0870. The van der Waals surface area contributed by atoms with Gasteiger partial charge in [0.15, 0.2) is 5.17 Å². The summed E-state index contributed by atoms with van der Waals surface area (Å²) in [6.07, 6.45) is 1.86. The lowest BCUT2D eigenvalue weighted by atomic mass is 10.1. The smallest absolute Gasteiger partial charge is 0.335 e. The highest BCUT2D eigenvalue weighted by atomic mass is 32.2. The summed E-state index contributed by atoms with van der Waals surface area (Å²) in [6.45, 7) is 2.02. The number of amidine groups is 1. The zero-order chi connectivity index (χ0) is 21.3. The molecule has 1 aliphatic heterocycles. The second-order valence-corrected chi connectivity index (χ2v) is 8.78. The Kier molecular flexibility index (Phi) is 5.57. The fourth-order valence-corrected chi connectivity index (χ4v) is 4.82. The molecule has 3 aromatic rings. The van der Waals surface area contributed by atoms with Crippen molar-refractivity contribution in [1.82, 2.24) is 4.90 Å². The van der Waals surface area contributed by atoms with Crippen molar-refractivity contribution in [2.75, 3.05) is 7.05 Å². The molecule has 150 valence electrons. The molecule has 1 aliphatic rings. The number of thiophene rings is 1. The van der Waals surface area contributed by atoms with Crippen LogP contribution in [0.5, 0.6) is 0 Å². The zero-order valence-corrected chi connectivity index (χ0v) is 18.0. The number of carbonyl (C=O) groups excluding carboxylic acids is 1. The number of nitrogens with zero attached hydrogens (tertiary/aromatic N) is 2. The lowest BCUT2D eigenvalue weighted by molar-refractivity contribution is -0.121.